The Morgan fingerprint density at radius 1 is 1.73 bits per heavy atom. The number of alkyl halides is 2. The van der Waals surface area contributed by atoms with Gasteiger partial charge in [0.1, 0.15) is 0 Å². The SMILES string of the molecule is CCOC(=O)C(F)(Br)C(C)C. The average Bonchev–Trinajstić information content (AvgIpc) is 1.88. The molecule has 1 unspecified atom stereocenters. The molecule has 0 heterocycles. The highest BCUT2D eigenvalue weighted by atomic mass is 79.9. The summed E-state index contributed by atoms with van der Waals surface area (Å²) in [5, 5.41) is 0. The van der Waals surface area contributed by atoms with E-state index in [1.165, 1.54) is 0 Å². The molecule has 0 spiro atoms. The van der Waals surface area contributed by atoms with Gasteiger partial charge in [0.15, 0.2) is 0 Å². The first kappa shape index (κ1) is 10.9. The summed E-state index contributed by atoms with van der Waals surface area (Å²) >= 11 is 2.67. The minimum absolute atomic E-state index is 0.197. The molecule has 0 bridgehead atoms. The van der Waals surface area contributed by atoms with Crippen molar-refractivity contribution in [1.82, 2.24) is 0 Å². The number of halogens is 2. The topological polar surface area (TPSA) is 26.3 Å². The average molecular weight is 227 g/mol. The van der Waals surface area contributed by atoms with Crippen LogP contribution < -0.4 is 0 Å². The van der Waals surface area contributed by atoms with Crippen molar-refractivity contribution in [2.24, 2.45) is 5.92 Å². The van der Waals surface area contributed by atoms with E-state index in [0.29, 0.717) is 0 Å². The molecule has 4 heteroatoms. The van der Waals surface area contributed by atoms with Crippen LogP contribution in [0.5, 0.6) is 0 Å². The predicted octanol–water partition coefficient (Wildman–Crippen LogP) is 2.27. The zero-order valence-corrected chi connectivity index (χ0v) is 8.44. The van der Waals surface area contributed by atoms with E-state index >= 15 is 0 Å². The molecule has 0 rings (SSSR count). The van der Waals surface area contributed by atoms with Crippen LogP contribution in [0.2, 0.25) is 0 Å². The van der Waals surface area contributed by atoms with Crippen molar-refractivity contribution in [1.29, 1.82) is 0 Å². The van der Waals surface area contributed by atoms with Gasteiger partial charge in [-0.05, 0) is 22.9 Å². The van der Waals surface area contributed by atoms with Crippen LogP contribution in [0.4, 0.5) is 4.39 Å². The van der Waals surface area contributed by atoms with Gasteiger partial charge >= 0.3 is 5.97 Å². The van der Waals surface area contributed by atoms with Gasteiger partial charge in [-0.3, -0.25) is 0 Å². The third-order valence-electron chi connectivity index (χ3n) is 1.27. The number of esters is 1. The number of carbonyl (C=O) groups excluding carboxylic acids is 1. The van der Waals surface area contributed by atoms with Crippen molar-refractivity contribution in [2.75, 3.05) is 6.61 Å². The summed E-state index contributed by atoms with van der Waals surface area (Å²) in [7, 11) is 0. The minimum Gasteiger partial charge on any atom is -0.463 e. The summed E-state index contributed by atoms with van der Waals surface area (Å²) in [6.07, 6.45) is 0. The van der Waals surface area contributed by atoms with Gasteiger partial charge in [-0.15, -0.1) is 0 Å². The van der Waals surface area contributed by atoms with Crippen LogP contribution >= 0.6 is 15.9 Å². The smallest absolute Gasteiger partial charge is 0.355 e. The van der Waals surface area contributed by atoms with Crippen LogP contribution in [-0.4, -0.2) is 17.2 Å². The van der Waals surface area contributed by atoms with Crippen LogP contribution in [0.3, 0.4) is 0 Å². The van der Waals surface area contributed by atoms with E-state index in [1.54, 1.807) is 20.8 Å². The molecule has 2 nitrogen and oxygen atoms in total. The Hall–Kier alpha value is -0.120. The molecule has 0 aromatic rings. The molecule has 0 radical (unpaired) electrons. The summed E-state index contributed by atoms with van der Waals surface area (Å²) in [4.78, 5) is 10.9. The van der Waals surface area contributed by atoms with Crippen molar-refractivity contribution in [3.8, 4) is 0 Å². The summed E-state index contributed by atoms with van der Waals surface area (Å²) in [5.41, 5.74) is 0. The second-order valence-electron chi connectivity index (χ2n) is 2.50. The monoisotopic (exact) mass is 226 g/mol. The van der Waals surface area contributed by atoms with E-state index in [0.717, 1.165) is 0 Å². The Morgan fingerprint density at radius 2 is 2.18 bits per heavy atom. The van der Waals surface area contributed by atoms with E-state index in [-0.39, 0.29) is 6.61 Å². The number of ether oxygens (including phenoxy) is 1. The van der Waals surface area contributed by atoms with Crippen molar-refractivity contribution in [2.45, 2.75) is 25.3 Å². The Kier molecular flexibility index (Phi) is 4.00. The molecular formula is C7H12BrFO2. The fourth-order valence-corrected chi connectivity index (χ4v) is 0.577. The lowest BCUT2D eigenvalue weighted by atomic mass is 10.1. The highest BCUT2D eigenvalue weighted by Crippen LogP contribution is 2.30. The zero-order valence-electron chi connectivity index (χ0n) is 6.86. The number of carbonyl (C=O) groups is 1. The normalized spacial score (nSPS) is 16.2. The molecule has 11 heavy (non-hydrogen) atoms. The van der Waals surface area contributed by atoms with Crippen LogP contribution in [0.1, 0.15) is 20.8 Å². The van der Waals surface area contributed by atoms with Gasteiger partial charge < -0.3 is 4.74 Å². The molecule has 66 valence electrons. The van der Waals surface area contributed by atoms with E-state index < -0.39 is 16.5 Å². The second-order valence-corrected chi connectivity index (χ2v) is 3.65. The van der Waals surface area contributed by atoms with Crippen molar-refractivity contribution in [3.05, 3.63) is 0 Å². The fraction of sp³-hybridized carbons (Fsp3) is 0.857. The molecule has 0 aromatic heterocycles. The molecule has 0 aliphatic carbocycles. The van der Waals surface area contributed by atoms with Crippen LogP contribution in [0, 0.1) is 5.92 Å². The van der Waals surface area contributed by atoms with Gasteiger partial charge in [-0.1, -0.05) is 13.8 Å². The number of rotatable bonds is 3. The highest BCUT2D eigenvalue weighted by molar-refractivity contribution is 9.10. The molecule has 0 saturated carbocycles. The quantitative estimate of drug-likeness (QED) is 0.546. The maximum absolute atomic E-state index is 13.2. The van der Waals surface area contributed by atoms with E-state index in [9.17, 15) is 9.18 Å². The Bertz CT molecular complexity index is 145. The highest BCUT2D eigenvalue weighted by Gasteiger charge is 2.40. The van der Waals surface area contributed by atoms with Crippen molar-refractivity contribution in [3.63, 3.8) is 0 Å². The van der Waals surface area contributed by atoms with E-state index in [2.05, 4.69) is 20.7 Å². The third-order valence-corrected chi connectivity index (χ3v) is 2.51. The molecule has 1 atom stereocenters. The van der Waals surface area contributed by atoms with Crippen molar-refractivity contribution >= 4 is 21.9 Å². The zero-order chi connectivity index (χ0) is 9.07. The fourth-order valence-electron chi connectivity index (χ4n) is 0.463. The summed E-state index contributed by atoms with van der Waals surface area (Å²) < 4.78 is 15.7. The number of hydrogen-bond acceptors (Lipinski definition) is 2. The van der Waals surface area contributed by atoms with Crippen LogP contribution in [-0.2, 0) is 9.53 Å². The summed E-state index contributed by atoms with van der Waals surface area (Å²) in [6, 6.07) is 0. The van der Waals surface area contributed by atoms with E-state index in [4.69, 9.17) is 0 Å². The maximum atomic E-state index is 13.2. The van der Waals surface area contributed by atoms with Crippen LogP contribution in [0.15, 0.2) is 0 Å². The van der Waals surface area contributed by atoms with Crippen molar-refractivity contribution < 1.29 is 13.9 Å². The summed E-state index contributed by atoms with van der Waals surface area (Å²) in [5.74, 6) is -1.28. The van der Waals surface area contributed by atoms with Crippen LogP contribution in [0.25, 0.3) is 0 Å². The standard InChI is InChI=1S/C7H12BrFO2/c1-4-11-6(10)7(8,9)5(2)3/h5H,4H2,1-3H3. The third kappa shape index (κ3) is 2.77. The van der Waals surface area contributed by atoms with Gasteiger partial charge in [-0.2, -0.15) is 0 Å². The lowest BCUT2D eigenvalue weighted by Crippen LogP contribution is -2.34. The van der Waals surface area contributed by atoms with Gasteiger partial charge in [-0.25, -0.2) is 9.18 Å². The lowest BCUT2D eigenvalue weighted by molar-refractivity contribution is -0.152. The second kappa shape index (κ2) is 4.04. The molecule has 0 amide bonds. The molecule has 0 saturated heterocycles. The maximum Gasteiger partial charge on any atom is 0.355 e. The molecule has 0 aliphatic heterocycles. The first-order chi connectivity index (χ1) is 4.92. The summed E-state index contributed by atoms with van der Waals surface area (Å²) in [6.45, 7) is 5.04. The minimum atomic E-state index is -2.04. The lowest BCUT2D eigenvalue weighted by Gasteiger charge is -2.19. The Morgan fingerprint density at radius 3 is 2.45 bits per heavy atom. The molecule has 0 aromatic carbocycles. The Labute approximate surface area is 74.2 Å². The van der Waals surface area contributed by atoms with Gasteiger partial charge in [0.2, 0.25) is 0 Å². The number of hydrogen-bond donors (Lipinski definition) is 0. The largest absolute Gasteiger partial charge is 0.463 e. The molecule has 0 aliphatic rings. The predicted molar refractivity (Wildman–Crippen MR) is 44.2 cm³/mol. The first-order valence-corrected chi connectivity index (χ1v) is 4.27. The Balaban J connectivity index is 4.18. The van der Waals surface area contributed by atoms with Gasteiger partial charge in [0.25, 0.3) is 4.58 Å². The molecule has 0 N–H and O–H groups in total. The molecular weight excluding hydrogens is 215 g/mol. The molecule has 0 fully saturated rings. The van der Waals surface area contributed by atoms with E-state index in [1.807, 2.05) is 0 Å². The van der Waals surface area contributed by atoms with Gasteiger partial charge in [0.05, 0.1) is 6.61 Å². The van der Waals surface area contributed by atoms with Gasteiger partial charge in [0, 0.05) is 5.92 Å². The first-order valence-electron chi connectivity index (χ1n) is 3.48.